The molecule has 1 saturated heterocycles. The summed E-state index contributed by atoms with van der Waals surface area (Å²) < 4.78 is 0. The number of fused-ring (bicyclic) bond motifs is 1. The maximum Gasteiger partial charge on any atom is 0.0602 e. The van der Waals surface area contributed by atoms with E-state index in [9.17, 15) is 10.2 Å². The van der Waals surface area contributed by atoms with Gasteiger partial charge >= 0.3 is 0 Å². The van der Waals surface area contributed by atoms with Gasteiger partial charge in [-0.15, -0.1) is 0 Å². The third kappa shape index (κ3) is 5.35. The molecule has 1 heterocycles. The van der Waals surface area contributed by atoms with Gasteiger partial charge in [0.25, 0.3) is 0 Å². The standard InChI is InChI=1S/C28H48N2O2/c1-20(11-13-30-15-14-29(4)19-21(30)2)26-9-10-27-23(6-5-12-28(26,27)3)8-7-22-16-24(31)18-25(32)17-22/h7-8,20-21,24-27,31-32H,5-6,9-19H2,1-4H3/b23-8+/t20?,21-,24+,25+,26+,27-,28+/m0/s1. The van der Waals surface area contributed by atoms with Crippen LogP contribution in [0, 0.1) is 23.2 Å². The van der Waals surface area contributed by atoms with Crippen LogP contribution in [0.15, 0.2) is 23.3 Å². The second-order valence-corrected chi connectivity index (χ2v) is 12.0. The molecule has 182 valence electrons. The Bertz CT molecular complexity index is 692. The zero-order valence-corrected chi connectivity index (χ0v) is 21.1. The Morgan fingerprint density at radius 3 is 2.59 bits per heavy atom. The highest BCUT2D eigenvalue weighted by atomic mass is 16.3. The lowest BCUT2D eigenvalue weighted by Gasteiger charge is -2.45. The summed E-state index contributed by atoms with van der Waals surface area (Å²) in [4.78, 5) is 5.18. The first kappa shape index (κ1) is 24.4. The van der Waals surface area contributed by atoms with Crippen molar-refractivity contribution in [2.24, 2.45) is 23.2 Å². The van der Waals surface area contributed by atoms with Gasteiger partial charge in [-0.25, -0.2) is 0 Å². The predicted molar refractivity (Wildman–Crippen MR) is 133 cm³/mol. The van der Waals surface area contributed by atoms with Crippen molar-refractivity contribution in [1.29, 1.82) is 0 Å². The van der Waals surface area contributed by atoms with Crippen LogP contribution in [0.4, 0.5) is 0 Å². The van der Waals surface area contributed by atoms with Crippen molar-refractivity contribution in [3.63, 3.8) is 0 Å². The van der Waals surface area contributed by atoms with E-state index >= 15 is 0 Å². The maximum atomic E-state index is 10.0. The molecule has 32 heavy (non-hydrogen) atoms. The molecule has 1 unspecified atom stereocenters. The van der Waals surface area contributed by atoms with Gasteiger partial charge < -0.3 is 15.1 Å². The van der Waals surface area contributed by atoms with Crippen LogP contribution in [-0.4, -0.2) is 71.5 Å². The number of allylic oxidation sites excluding steroid dienone is 3. The van der Waals surface area contributed by atoms with E-state index in [0.717, 1.165) is 30.6 Å². The third-order valence-electron chi connectivity index (χ3n) is 9.64. The van der Waals surface area contributed by atoms with E-state index < -0.39 is 0 Å². The van der Waals surface area contributed by atoms with E-state index in [1.54, 1.807) is 5.57 Å². The molecule has 4 heteroatoms. The number of nitrogens with zero attached hydrogens (tertiary/aromatic N) is 2. The first-order chi connectivity index (χ1) is 15.3. The largest absolute Gasteiger partial charge is 0.393 e. The molecule has 4 fully saturated rings. The van der Waals surface area contributed by atoms with Crippen LogP contribution in [-0.2, 0) is 0 Å². The molecule has 4 rings (SSSR count). The minimum absolute atomic E-state index is 0.375. The molecule has 0 aromatic rings. The van der Waals surface area contributed by atoms with E-state index in [2.05, 4.69) is 49.8 Å². The lowest BCUT2D eigenvalue weighted by Crippen LogP contribution is -2.50. The smallest absolute Gasteiger partial charge is 0.0602 e. The Balaban J connectivity index is 1.38. The zero-order valence-electron chi connectivity index (χ0n) is 21.1. The number of likely N-dealkylation sites (N-methyl/N-ethyl adjacent to an activating group) is 1. The zero-order chi connectivity index (χ0) is 22.9. The van der Waals surface area contributed by atoms with Gasteiger partial charge in [0.1, 0.15) is 0 Å². The molecule has 0 spiro atoms. The van der Waals surface area contributed by atoms with E-state index in [1.165, 1.54) is 70.3 Å². The van der Waals surface area contributed by atoms with E-state index in [-0.39, 0.29) is 12.2 Å². The summed E-state index contributed by atoms with van der Waals surface area (Å²) in [5, 5.41) is 20.0. The van der Waals surface area contributed by atoms with Crippen LogP contribution in [0.3, 0.4) is 0 Å². The average molecular weight is 445 g/mol. The second-order valence-electron chi connectivity index (χ2n) is 12.0. The normalized spacial score (nSPS) is 41.6. The minimum atomic E-state index is -0.375. The number of piperazine rings is 1. The van der Waals surface area contributed by atoms with Gasteiger partial charge in [-0.1, -0.05) is 37.1 Å². The molecule has 4 nitrogen and oxygen atoms in total. The summed E-state index contributed by atoms with van der Waals surface area (Å²) in [6, 6.07) is 0.682. The number of hydrogen-bond acceptors (Lipinski definition) is 4. The molecule has 0 aromatic heterocycles. The van der Waals surface area contributed by atoms with Crippen molar-refractivity contribution in [3.8, 4) is 0 Å². The van der Waals surface area contributed by atoms with Gasteiger partial charge in [0, 0.05) is 25.7 Å². The van der Waals surface area contributed by atoms with Gasteiger partial charge in [0.15, 0.2) is 0 Å². The topological polar surface area (TPSA) is 46.9 Å². The van der Waals surface area contributed by atoms with Crippen molar-refractivity contribution in [1.82, 2.24) is 9.80 Å². The Hall–Kier alpha value is -0.680. The van der Waals surface area contributed by atoms with Crippen LogP contribution >= 0.6 is 0 Å². The first-order valence-electron chi connectivity index (χ1n) is 13.4. The fourth-order valence-corrected chi connectivity index (χ4v) is 7.82. The number of aliphatic hydroxyl groups excluding tert-OH is 2. The molecule has 0 aromatic carbocycles. The summed E-state index contributed by atoms with van der Waals surface area (Å²) in [5.41, 5.74) is 3.31. The monoisotopic (exact) mass is 444 g/mol. The predicted octanol–water partition coefficient (Wildman–Crippen LogP) is 4.62. The molecule has 4 aliphatic rings. The summed E-state index contributed by atoms with van der Waals surface area (Å²) >= 11 is 0. The lowest BCUT2D eigenvalue weighted by atomic mass is 9.61. The van der Waals surface area contributed by atoms with Gasteiger partial charge in [-0.3, -0.25) is 4.90 Å². The average Bonchev–Trinajstić information content (AvgIpc) is 3.08. The van der Waals surface area contributed by atoms with E-state index in [1.807, 2.05) is 0 Å². The van der Waals surface area contributed by atoms with Gasteiger partial charge in [0.2, 0.25) is 0 Å². The van der Waals surface area contributed by atoms with Crippen molar-refractivity contribution in [2.75, 3.05) is 33.2 Å². The molecule has 0 bridgehead atoms. The number of rotatable bonds is 5. The number of hydrogen-bond donors (Lipinski definition) is 2. The molecule has 1 aliphatic heterocycles. The molecule has 3 aliphatic carbocycles. The van der Waals surface area contributed by atoms with Crippen molar-refractivity contribution in [2.45, 2.75) is 96.8 Å². The van der Waals surface area contributed by atoms with Crippen molar-refractivity contribution >= 4 is 0 Å². The Morgan fingerprint density at radius 1 is 1.12 bits per heavy atom. The summed E-state index contributed by atoms with van der Waals surface area (Å²) in [7, 11) is 2.25. The van der Waals surface area contributed by atoms with Crippen molar-refractivity contribution < 1.29 is 10.2 Å². The Kier molecular flexibility index (Phi) is 7.86. The van der Waals surface area contributed by atoms with Crippen LogP contribution in [0.25, 0.3) is 0 Å². The highest BCUT2D eigenvalue weighted by Gasteiger charge is 2.50. The fourth-order valence-electron chi connectivity index (χ4n) is 7.82. The summed E-state index contributed by atoms with van der Waals surface area (Å²) in [6.07, 6.45) is 13.9. The fraction of sp³-hybridized carbons (Fsp3) is 0.857. The quantitative estimate of drug-likeness (QED) is 0.649. The molecular weight excluding hydrogens is 396 g/mol. The molecule has 7 atom stereocenters. The summed E-state index contributed by atoms with van der Waals surface area (Å²) in [6.45, 7) is 12.4. The highest BCUT2D eigenvalue weighted by Crippen LogP contribution is 2.59. The first-order valence-corrected chi connectivity index (χ1v) is 13.4. The highest BCUT2D eigenvalue weighted by molar-refractivity contribution is 5.26. The lowest BCUT2D eigenvalue weighted by molar-refractivity contribution is 0.0608. The molecule has 2 N–H and O–H groups in total. The van der Waals surface area contributed by atoms with E-state index in [4.69, 9.17) is 0 Å². The van der Waals surface area contributed by atoms with Crippen molar-refractivity contribution in [3.05, 3.63) is 23.3 Å². The van der Waals surface area contributed by atoms with Gasteiger partial charge in [-0.2, -0.15) is 0 Å². The molecule has 0 amide bonds. The molecule has 3 saturated carbocycles. The molecular formula is C28H48N2O2. The summed E-state index contributed by atoms with van der Waals surface area (Å²) in [5.74, 6) is 2.35. The minimum Gasteiger partial charge on any atom is -0.393 e. The second kappa shape index (κ2) is 10.3. The van der Waals surface area contributed by atoms with E-state index in [0.29, 0.717) is 17.9 Å². The van der Waals surface area contributed by atoms with Gasteiger partial charge in [0.05, 0.1) is 12.2 Å². The van der Waals surface area contributed by atoms with Crippen LogP contribution in [0.2, 0.25) is 0 Å². The van der Waals surface area contributed by atoms with Crippen LogP contribution in [0.5, 0.6) is 0 Å². The third-order valence-corrected chi connectivity index (χ3v) is 9.64. The maximum absolute atomic E-state index is 10.0. The molecule has 0 radical (unpaired) electrons. The number of aliphatic hydroxyl groups is 2. The van der Waals surface area contributed by atoms with Crippen LogP contribution < -0.4 is 0 Å². The SMILES string of the molecule is CC(CCN1CCN(C)C[C@@H]1C)[C@H]1CC[C@H]2/C(=C/C=C3C[C@@H](O)C[C@H](O)C3)CCC[C@]12C. The Morgan fingerprint density at radius 2 is 1.88 bits per heavy atom. The van der Waals surface area contributed by atoms with Crippen LogP contribution in [0.1, 0.15) is 78.6 Å². The Labute approximate surface area is 196 Å². The van der Waals surface area contributed by atoms with Gasteiger partial charge in [-0.05, 0) is 101 Å².